The van der Waals surface area contributed by atoms with Crippen LogP contribution in [-0.4, -0.2) is 52.4 Å². The van der Waals surface area contributed by atoms with Gasteiger partial charge in [0, 0.05) is 12.7 Å². The zero-order valence-corrected chi connectivity index (χ0v) is 8.22. The third kappa shape index (κ3) is 2.16. The van der Waals surface area contributed by atoms with Crippen molar-refractivity contribution >= 4 is 5.91 Å². The van der Waals surface area contributed by atoms with Crippen molar-refractivity contribution in [3.8, 4) is 0 Å². The Balaban J connectivity index is 2.01. The molecule has 1 saturated heterocycles. The normalized spacial score (nSPS) is 21.7. The first-order valence-electron chi connectivity index (χ1n) is 4.81. The van der Waals surface area contributed by atoms with E-state index in [1.165, 1.54) is 0 Å². The van der Waals surface area contributed by atoms with Gasteiger partial charge in [-0.1, -0.05) is 0 Å². The molecule has 1 amide bonds. The Kier molecular flexibility index (Phi) is 2.98. The summed E-state index contributed by atoms with van der Waals surface area (Å²) in [5.74, 6) is -0.261. The first-order valence-corrected chi connectivity index (χ1v) is 4.81. The fourth-order valence-electron chi connectivity index (χ4n) is 1.61. The third-order valence-corrected chi connectivity index (χ3v) is 2.42. The molecule has 82 valence electrons. The van der Waals surface area contributed by atoms with Gasteiger partial charge in [-0.2, -0.15) is 5.10 Å². The molecular formula is C9H13N3O3. The maximum Gasteiger partial charge on any atom is 0.248 e. The summed E-state index contributed by atoms with van der Waals surface area (Å²) >= 11 is 0. The molecule has 0 bridgehead atoms. The average molecular weight is 211 g/mol. The summed E-state index contributed by atoms with van der Waals surface area (Å²) in [5, 5.41) is 15.4. The van der Waals surface area contributed by atoms with Crippen molar-refractivity contribution in [3.63, 3.8) is 0 Å². The number of ether oxygens (including phenoxy) is 1. The Hall–Kier alpha value is -1.40. The molecule has 0 spiro atoms. The molecule has 15 heavy (non-hydrogen) atoms. The van der Waals surface area contributed by atoms with Crippen LogP contribution in [0.2, 0.25) is 0 Å². The first-order chi connectivity index (χ1) is 7.31. The van der Waals surface area contributed by atoms with Crippen LogP contribution >= 0.6 is 0 Å². The van der Waals surface area contributed by atoms with Crippen molar-refractivity contribution in [3.05, 3.63) is 18.0 Å². The molecule has 6 heteroatoms. The fraction of sp³-hybridized carbons (Fsp3) is 0.556. The number of hydrogen-bond acceptors (Lipinski definition) is 4. The smallest absolute Gasteiger partial charge is 0.248 e. The molecule has 6 nitrogen and oxygen atoms in total. The molecule has 0 radical (unpaired) electrons. The topological polar surface area (TPSA) is 78.4 Å². The summed E-state index contributed by atoms with van der Waals surface area (Å²) in [4.78, 5) is 12.9. The quantitative estimate of drug-likeness (QED) is 0.678. The number of rotatable bonds is 2. The predicted molar refractivity (Wildman–Crippen MR) is 50.9 cm³/mol. The number of carbonyl (C=O) groups is 1. The van der Waals surface area contributed by atoms with E-state index in [-0.39, 0.29) is 12.0 Å². The maximum atomic E-state index is 11.3. The van der Waals surface area contributed by atoms with E-state index in [1.807, 2.05) is 6.07 Å². The highest BCUT2D eigenvalue weighted by Crippen LogP contribution is 2.19. The van der Waals surface area contributed by atoms with E-state index in [0.29, 0.717) is 19.7 Å². The van der Waals surface area contributed by atoms with Gasteiger partial charge in [-0.15, -0.1) is 0 Å². The summed E-state index contributed by atoms with van der Waals surface area (Å²) in [7, 11) is 0. The van der Waals surface area contributed by atoms with Gasteiger partial charge in [0.1, 0.15) is 12.7 Å². The summed E-state index contributed by atoms with van der Waals surface area (Å²) in [5.41, 5.74) is 0.852. The molecule has 0 aromatic carbocycles. The van der Waals surface area contributed by atoms with Crippen LogP contribution in [0.3, 0.4) is 0 Å². The Morgan fingerprint density at radius 1 is 1.80 bits per heavy atom. The SMILES string of the molecule is O=C(CO)N1CCOC(c2ccn[nH]2)C1. The van der Waals surface area contributed by atoms with Gasteiger partial charge in [0.05, 0.1) is 18.8 Å². The highest BCUT2D eigenvalue weighted by atomic mass is 16.5. The molecule has 2 heterocycles. The van der Waals surface area contributed by atoms with Crippen LogP contribution in [0.15, 0.2) is 12.3 Å². The van der Waals surface area contributed by atoms with Crippen LogP contribution < -0.4 is 0 Å². The van der Waals surface area contributed by atoms with Gasteiger partial charge in [0.2, 0.25) is 5.91 Å². The summed E-state index contributed by atoms with van der Waals surface area (Å²) in [6, 6.07) is 1.82. The van der Waals surface area contributed by atoms with Crippen molar-refractivity contribution in [2.45, 2.75) is 6.10 Å². The standard InChI is InChI=1S/C9H13N3O3/c13-6-9(14)12-3-4-15-8(5-12)7-1-2-10-11-7/h1-2,8,13H,3-6H2,(H,10,11). The van der Waals surface area contributed by atoms with Gasteiger partial charge in [0.15, 0.2) is 0 Å². The van der Waals surface area contributed by atoms with E-state index in [2.05, 4.69) is 10.2 Å². The maximum absolute atomic E-state index is 11.3. The molecule has 1 aliphatic heterocycles. The minimum absolute atomic E-state index is 0.170. The Morgan fingerprint density at radius 3 is 3.33 bits per heavy atom. The van der Waals surface area contributed by atoms with Gasteiger partial charge in [-0.3, -0.25) is 9.89 Å². The molecule has 1 aromatic heterocycles. The number of amides is 1. The summed E-state index contributed by atoms with van der Waals surface area (Å²) in [6.07, 6.45) is 1.47. The second-order valence-corrected chi connectivity index (χ2v) is 3.37. The van der Waals surface area contributed by atoms with E-state index in [1.54, 1.807) is 11.1 Å². The summed E-state index contributed by atoms with van der Waals surface area (Å²) in [6.45, 7) is 1.02. The van der Waals surface area contributed by atoms with E-state index in [0.717, 1.165) is 5.69 Å². The number of morpholine rings is 1. The largest absolute Gasteiger partial charge is 0.387 e. The minimum atomic E-state index is -0.449. The number of aliphatic hydroxyl groups is 1. The lowest BCUT2D eigenvalue weighted by molar-refractivity contribution is -0.142. The Labute approximate surface area is 86.8 Å². The van der Waals surface area contributed by atoms with E-state index in [9.17, 15) is 4.79 Å². The van der Waals surface area contributed by atoms with Crippen LogP contribution in [0.4, 0.5) is 0 Å². The van der Waals surface area contributed by atoms with Gasteiger partial charge < -0.3 is 14.7 Å². The van der Waals surface area contributed by atoms with Crippen LogP contribution in [-0.2, 0) is 9.53 Å². The third-order valence-electron chi connectivity index (χ3n) is 2.42. The zero-order valence-electron chi connectivity index (χ0n) is 8.22. The number of H-pyrrole nitrogens is 1. The van der Waals surface area contributed by atoms with Crippen molar-refractivity contribution in [1.29, 1.82) is 0 Å². The number of aromatic amines is 1. The monoisotopic (exact) mass is 211 g/mol. The molecular weight excluding hydrogens is 198 g/mol. The molecule has 1 fully saturated rings. The average Bonchev–Trinajstić information content (AvgIpc) is 2.82. The zero-order chi connectivity index (χ0) is 10.7. The number of hydrogen-bond donors (Lipinski definition) is 2. The lowest BCUT2D eigenvalue weighted by atomic mass is 10.2. The number of nitrogens with one attached hydrogen (secondary N) is 1. The molecule has 2 N–H and O–H groups in total. The van der Waals surface area contributed by atoms with Gasteiger partial charge in [-0.25, -0.2) is 0 Å². The van der Waals surface area contributed by atoms with Crippen molar-refractivity contribution in [1.82, 2.24) is 15.1 Å². The summed E-state index contributed by atoms with van der Waals surface area (Å²) < 4.78 is 5.50. The molecule has 1 aromatic rings. The number of carbonyl (C=O) groups excluding carboxylic acids is 1. The van der Waals surface area contributed by atoms with Gasteiger partial charge in [0.25, 0.3) is 0 Å². The predicted octanol–water partition coefficient (Wildman–Crippen LogP) is -0.698. The van der Waals surface area contributed by atoms with E-state index >= 15 is 0 Å². The van der Waals surface area contributed by atoms with Gasteiger partial charge >= 0.3 is 0 Å². The molecule has 1 unspecified atom stereocenters. The van der Waals surface area contributed by atoms with Crippen molar-refractivity contribution in [2.75, 3.05) is 26.3 Å². The Bertz CT molecular complexity index is 325. The fourth-order valence-corrected chi connectivity index (χ4v) is 1.61. The van der Waals surface area contributed by atoms with Crippen molar-refractivity contribution in [2.24, 2.45) is 0 Å². The van der Waals surface area contributed by atoms with E-state index < -0.39 is 6.61 Å². The molecule has 0 aliphatic carbocycles. The van der Waals surface area contributed by atoms with E-state index in [4.69, 9.17) is 9.84 Å². The second kappa shape index (κ2) is 4.41. The lowest BCUT2D eigenvalue weighted by Gasteiger charge is -2.31. The molecule has 0 saturated carbocycles. The van der Waals surface area contributed by atoms with Crippen LogP contribution in [0.1, 0.15) is 11.8 Å². The molecule has 2 rings (SSSR count). The number of aromatic nitrogens is 2. The number of aliphatic hydroxyl groups excluding tert-OH is 1. The van der Waals surface area contributed by atoms with Gasteiger partial charge in [-0.05, 0) is 6.07 Å². The minimum Gasteiger partial charge on any atom is -0.387 e. The van der Waals surface area contributed by atoms with Crippen molar-refractivity contribution < 1.29 is 14.6 Å². The van der Waals surface area contributed by atoms with Crippen LogP contribution in [0.25, 0.3) is 0 Å². The number of nitrogens with zero attached hydrogens (tertiary/aromatic N) is 2. The highest BCUT2D eigenvalue weighted by molar-refractivity contribution is 5.77. The van der Waals surface area contributed by atoms with Crippen LogP contribution in [0.5, 0.6) is 0 Å². The van der Waals surface area contributed by atoms with Crippen LogP contribution in [0, 0.1) is 0 Å². The molecule has 1 aliphatic rings. The Morgan fingerprint density at radius 2 is 2.67 bits per heavy atom. The lowest BCUT2D eigenvalue weighted by Crippen LogP contribution is -2.43. The molecule has 1 atom stereocenters. The first kappa shape index (κ1) is 10.1. The second-order valence-electron chi connectivity index (χ2n) is 3.37. The highest BCUT2D eigenvalue weighted by Gasteiger charge is 2.25.